The SMILES string of the molecule is COC(=O)c1c(NC(=O)CN[C@@H](C)c2ccco2)sc2c1CCCC2. The highest BCUT2D eigenvalue weighted by atomic mass is 32.1. The highest BCUT2D eigenvalue weighted by Crippen LogP contribution is 2.38. The van der Waals surface area contributed by atoms with Gasteiger partial charge in [-0.15, -0.1) is 11.3 Å². The van der Waals surface area contributed by atoms with Gasteiger partial charge in [0.1, 0.15) is 10.8 Å². The number of nitrogens with one attached hydrogen (secondary N) is 2. The van der Waals surface area contributed by atoms with Crippen molar-refractivity contribution in [2.45, 2.75) is 38.6 Å². The normalized spacial score (nSPS) is 14.6. The van der Waals surface area contributed by atoms with Crippen LogP contribution in [0.5, 0.6) is 0 Å². The second kappa shape index (κ2) is 7.84. The fourth-order valence-electron chi connectivity index (χ4n) is 3.03. The predicted molar refractivity (Wildman–Crippen MR) is 96.1 cm³/mol. The number of fused-ring (bicyclic) bond motifs is 1. The van der Waals surface area contributed by atoms with Crippen LogP contribution in [-0.4, -0.2) is 25.5 Å². The molecule has 0 aliphatic heterocycles. The molecule has 0 aromatic carbocycles. The topological polar surface area (TPSA) is 80.6 Å². The summed E-state index contributed by atoms with van der Waals surface area (Å²) in [5.41, 5.74) is 1.56. The van der Waals surface area contributed by atoms with Crippen molar-refractivity contribution in [3.05, 3.63) is 40.2 Å². The van der Waals surface area contributed by atoms with Gasteiger partial charge in [0.05, 0.1) is 31.5 Å². The summed E-state index contributed by atoms with van der Waals surface area (Å²) < 4.78 is 10.2. The summed E-state index contributed by atoms with van der Waals surface area (Å²) in [6, 6.07) is 3.60. The molecular weight excluding hydrogens is 340 g/mol. The van der Waals surface area contributed by atoms with Gasteiger partial charge in [-0.1, -0.05) is 0 Å². The van der Waals surface area contributed by atoms with Crippen LogP contribution in [0.1, 0.15) is 52.4 Å². The molecule has 0 saturated carbocycles. The van der Waals surface area contributed by atoms with Crippen molar-refractivity contribution in [2.75, 3.05) is 19.0 Å². The van der Waals surface area contributed by atoms with E-state index in [2.05, 4.69) is 10.6 Å². The molecule has 25 heavy (non-hydrogen) atoms. The van der Waals surface area contributed by atoms with Gasteiger partial charge in [-0.2, -0.15) is 0 Å². The van der Waals surface area contributed by atoms with Crippen molar-refractivity contribution >= 4 is 28.2 Å². The minimum absolute atomic E-state index is 0.0719. The Hall–Kier alpha value is -2.12. The van der Waals surface area contributed by atoms with Crippen molar-refractivity contribution < 1.29 is 18.7 Å². The standard InChI is InChI=1S/C18H22N2O4S/c1-11(13-7-5-9-24-13)19-10-15(21)20-17-16(18(22)23-2)12-6-3-4-8-14(12)25-17/h5,7,9,11,19H,3-4,6,8,10H2,1-2H3,(H,20,21)/t11-/m0/s1. The van der Waals surface area contributed by atoms with Crippen LogP contribution in [0.15, 0.2) is 22.8 Å². The van der Waals surface area contributed by atoms with Gasteiger partial charge in [0, 0.05) is 4.88 Å². The quantitative estimate of drug-likeness (QED) is 0.771. The number of carbonyl (C=O) groups is 2. The summed E-state index contributed by atoms with van der Waals surface area (Å²) in [5, 5.41) is 6.58. The van der Waals surface area contributed by atoms with Crippen LogP contribution >= 0.6 is 11.3 Å². The molecule has 134 valence electrons. The third-order valence-corrected chi connectivity index (χ3v) is 5.56. The molecule has 0 fully saturated rings. The Bertz CT molecular complexity index is 751. The van der Waals surface area contributed by atoms with Gasteiger partial charge in [-0.05, 0) is 50.3 Å². The van der Waals surface area contributed by atoms with Crippen LogP contribution in [-0.2, 0) is 22.4 Å². The minimum atomic E-state index is -0.383. The Morgan fingerprint density at radius 3 is 2.88 bits per heavy atom. The van der Waals surface area contributed by atoms with Crippen LogP contribution in [0.4, 0.5) is 5.00 Å². The highest BCUT2D eigenvalue weighted by molar-refractivity contribution is 7.17. The zero-order chi connectivity index (χ0) is 17.8. The second-order valence-corrected chi connectivity index (χ2v) is 7.18. The Balaban J connectivity index is 1.68. The van der Waals surface area contributed by atoms with Gasteiger partial charge >= 0.3 is 5.97 Å². The largest absolute Gasteiger partial charge is 0.468 e. The molecule has 0 unspecified atom stereocenters. The van der Waals surface area contributed by atoms with Crippen molar-refractivity contribution in [2.24, 2.45) is 0 Å². The Morgan fingerprint density at radius 1 is 1.36 bits per heavy atom. The highest BCUT2D eigenvalue weighted by Gasteiger charge is 2.26. The number of furan rings is 1. The lowest BCUT2D eigenvalue weighted by Crippen LogP contribution is -2.30. The van der Waals surface area contributed by atoms with E-state index >= 15 is 0 Å². The third kappa shape index (κ3) is 3.93. The minimum Gasteiger partial charge on any atom is -0.468 e. The van der Waals surface area contributed by atoms with E-state index in [1.807, 2.05) is 19.1 Å². The molecule has 6 nitrogen and oxygen atoms in total. The Kier molecular flexibility index (Phi) is 5.55. The Morgan fingerprint density at radius 2 is 2.16 bits per heavy atom. The fraction of sp³-hybridized carbons (Fsp3) is 0.444. The van der Waals surface area contributed by atoms with Gasteiger partial charge < -0.3 is 14.5 Å². The second-order valence-electron chi connectivity index (χ2n) is 6.07. The van der Waals surface area contributed by atoms with Crippen molar-refractivity contribution in [1.82, 2.24) is 5.32 Å². The monoisotopic (exact) mass is 362 g/mol. The van der Waals surface area contributed by atoms with Crippen molar-refractivity contribution in [1.29, 1.82) is 0 Å². The molecule has 2 aromatic rings. The van der Waals surface area contributed by atoms with E-state index in [9.17, 15) is 9.59 Å². The lowest BCUT2D eigenvalue weighted by Gasteiger charge is -2.12. The van der Waals surface area contributed by atoms with E-state index in [0.29, 0.717) is 10.6 Å². The van der Waals surface area contributed by atoms with Gasteiger partial charge in [0.15, 0.2) is 0 Å². The predicted octanol–water partition coefficient (Wildman–Crippen LogP) is 3.30. The average molecular weight is 362 g/mol. The number of hydrogen-bond donors (Lipinski definition) is 2. The summed E-state index contributed by atoms with van der Waals surface area (Å²) in [5.74, 6) is 0.198. The smallest absolute Gasteiger partial charge is 0.341 e. The average Bonchev–Trinajstić information content (AvgIpc) is 3.26. The number of anilines is 1. The summed E-state index contributed by atoms with van der Waals surface area (Å²) in [6.45, 7) is 2.06. The summed E-state index contributed by atoms with van der Waals surface area (Å²) >= 11 is 1.49. The lowest BCUT2D eigenvalue weighted by molar-refractivity contribution is -0.115. The number of carbonyl (C=O) groups excluding carboxylic acids is 2. The number of amides is 1. The molecule has 2 N–H and O–H groups in total. The third-order valence-electron chi connectivity index (χ3n) is 4.35. The van der Waals surface area contributed by atoms with Crippen LogP contribution in [0, 0.1) is 0 Å². The fourth-order valence-corrected chi connectivity index (χ4v) is 4.32. The number of methoxy groups -OCH3 is 1. The number of aryl methyl sites for hydroxylation is 1. The molecule has 7 heteroatoms. The summed E-state index contributed by atoms with van der Waals surface area (Å²) in [4.78, 5) is 25.7. The molecule has 0 saturated heterocycles. The van der Waals surface area contributed by atoms with Crippen LogP contribution in [0.3, 0.4) is 0 Å². The van der Waals surface area contributed by atoms with Crippen LogP contribution in [0.2, 0.25) is 0 Å². The van der Waals surface area contributed by atoms with E-state index in [1.165, 1.54) is 23.3 Å². The maximum absolute atomic E-state index is 12.3. The number of thiophene rings is 1. The molecule has 2 heterocycles. The van der Waals surface area contributed by atoms with Crippen LogP contribution < -0.4 is 10.6 Å². The summed E-state index contributed by atoms with van der Waals surface area (Å²) in [6.07, 6.45) is 5.59. The number of hydrogen-bond acceptors (Lipinski definition) is 6. The zero-order valence-corrected chi connectivity index (χ0v) is 15.2. The van der Waals surface area contributed by atoms with Gasteiger partial charge in [-0.3, -0.25) is 10.1 Å². The number of rotatable bonds is 6. The van der Waals surface area contributed by atoms with Crippen LogP contribution in [0.25, 0.3) is 0 Å². The molecule has 1 aliphatic rings. The lowest BCUT2D eigenvalue weighted by atomic mass is 9.95. The Labute approximate surface area is 150 Å². The molecule has 0 spiro atoms. The number of esters is 1. The van der Waals surface area contributed by atoms with Gasteiger partial charge in [-0.25, -0.2) is 4.79 Å². The molecule has 0 bridgehead atoms. The van der Waals surface area contributed by atoms with Gasteiger partial charge in [0.2, 0.25) is 5.91 Å². The van der Waals surface area contributed by atoms with Crippen molar-refractivity contribution in [3.8, 4) is 0 Å². The maximum atomic E-state index is 12.3. The van der Waals surface area contributed by atoms with E-state index < -0.39 is 0 Å². The van der Waals surface area contributed by atoms with E-state index in [1.54, 1.807) is 6.26 Å². The molecule has 1 atom stereocenters. The zero-order valence-electron chi connectivity index (χ0n) is 14.4. The van der Waals surface area contributed by atoms with Gasteiger partial charge in [0.25, 0.3) is 0 Å². The maximum Gasteiger partial charge on any atom is 0.341 e. The molecule has 2 aromatic heterocycles. The van der Waals surface area contributed by atoms with Crippen molar-refractivity contribution in [3.63, 3.8) is 0 Å². The first-order valence-corrected chi connectivity index (χ1v) is 9.21. The van der Waals surface area contributed by atoms with E-state index in [4.69, 9.17) is 9.15 Å². The molecular formula is C18H22N2O4S. The number of ether oxygens (including phenoxy) is 1. The van der Waals surface area contributed by atoms with E-state index in [-0.39, 0.29) is 24.5 Å². The molecule has 3 rings (SSSR count). The first-order valence-electron chi connectivity index (χ1n) is 8.39. The van der Waals surface area contributed by atoms with E-state index in [0.717, 1.165) is 37.0 Å². The first-order chi connectivity index (χ1) is 12.1. The summed E-state index contributed by atoms with van der Waals surface area (Å²) in [7, 11) is 1.37. The molecule has 0 radical (unpaired) electrons. The first kappa shape index (κ1) is 17.7. The molecule has 1 aliphatic carbocycles. The molecule has 1 amide bonds.